The van der Waals surface area contributed by atoms with Crippen molar-refractivity contribution in [1.82, 2.24) is 0 Å². The molecule has 2 aromatic carbocycles. The first-order chi connectivity index (χ1) is 8.05. The zero-order valence-electron chi connectivity index (χ0n) is 8.83. The second-order valence-electron chi connectivity index (χ2n) is 3.57. The first kappa shape index (κ1) is 12.1. The molecule has 0 nitrogen and oxygen atoms in total. The van der Waals surface area contributed by atoms with Gasteiger partial charge in [0.25, 0.3) is 0 Å². The standard InChI is InChI=1S/C13H10F3P/c14-13(15,16)10-6-8-12(9-7-10)17-11-4-2-1-3-5-11/h1-9,17H. The predicted octanol–water partition coefficient (Wildman–Crippen LogP) is 3.33. The SMILES string of the molecule is FC(F)(F)c1ccc(Pc2ccccc2)cc1. The summed E-state index contributed by atoms with van der Waals surface area (Å²) >= 11 is 0. The Morgan fingerprint density at radius 3 is 1.76 bits per heavy atom. The average Bonchev–Trinajstić information content (AvgIpc) is 2.30. The fourth-order valence-corrected chi connectivity index (χ4v) is 2.46. The van der Waals surface area contributed by atoms with Crippen LogP contribution >= 0.6 is 8.58 Å². The zero-order valence-corrected chi connectivity index (χ0v) is 9.83. The Morgan fingerprint density at radius 1 is 0.706 bits per heavy atom. The molecular weight excluding hydrogens is 244 g/mol. The number of hydrogen-bond donors (Lipinski definition) is 0. The monoisotopic (exact) mass is 254 g/mol. The van der Waals surface area contributed by atoms with Gasteiger partial charge in [0, 0.05) is 0 Å². The van der Waals surface area contributed by atoms with E-state index in [4.69, 9.17) is 0 Å². The van der Waals surface area contributed by atoms with Gasteiger partial charge in [-0.05, 0) is 22.7 Å². The normalized spacial score (nSPS) is 12.2. The van der Waals surface area contributed by atoms with Crippen molar-refractivity contribution in [2.45, 2.75) is 6.18 Å². The highest BCUT2D eigenvalue weighted by Crippen LogP contribution is 2.28. The van der Waals surface area contributed by atoms with Crippen LogP contribution in [0.1, 0.15) is 5.56 Å². The van der Waals surface area contributed by atoms with Gasteiger partial charge in [0.1, 0.15) is 0 Å². The van der Waals surface area contributed by atoms with Gasteiger partial charge in [-0.3, -0.25) is 0 Å². The van der Waals surface area contributed by atoms with Crippen LogP contribution in [-0.2, 0) is 6.18 Å². The van der Waals surface area contributed by atoms with Crippen LogP contribution in [0.5, 0.6) is 0 Å². The summed E-state index contributed by atoms with van der Waals surface area (Å²) in [4.78, 5) is 0. The topological polar surface area (TPSA) is 0 Å². The molecule has 17 heavy (non-hydrogen) atoms. The third-order valence-corrected chi connectivity index (χ3v) is 3.52. The predicted molar refractivity (Wildman–Crippen MR) is 65.5 cm³/mol. The Kier molecular flexibility index (Phi) is 3.49. The number of halogens is 3. The molecule has 0 amide bonds. The lowest BCUT2D eigenvalue weighted by molar-refractivity contribution is -0.137. The molecule has 0 spiro atoms. The molecule has 0 bridgehead atoms. The third kappa shape index (κ3) is 3.31. The molecule has 1 atom stereocenters. The smallest absolute Gasteiger partial charge is 0.166 e. The highest BCUT2D eigenvalue weighted by Gasteiger charge is 2.29. The van der Waals surface area contributed by atoms with Gasteiger partial charge in [-0.1, -0.05) is 51.0 Å². The first-order valence-corrected chi connectivity index (χ1v) is 6.05. The highest BCUT2D eigenvalue weighted by molar-refractivity contribution is 7.55. The van der Waals surface area contributed by atoms with E-state index in [1.807, 2.05) is 30.3 Å². The summed E-state index contributed by atoms with van der Waals surface area (Å²) in [6.07, 6.45) is -4.26. The molecule has 2 aromatic rings. The zero-order chi connectivity index (χ0) is 12.3. The maximum absolute atomic E-state index is 12.3. The van der Waals surface area contributed by atoms with Crippen LogP contribution in [0.2, 0.25) is 0 Å². The van der Waals surface area contributed by atoms with E-state index in [-0.39, 0.29) is 0 Å². The van der Waals surface area contributed by atoms with Crippen LogP contribution in [0, 0.1) is 0 Å². The van der Waals surface area contributed by atoms with Gasteiger partial charge < -0.3 is 0 Å². The van der Waals surface area contributed by atoms with Crippen molar-refractivity contribution in [2.75, 3.05) is 0 Å². The second-order valence-corrected chi connectivity index (χ2v) is 4.97. The molecule has 0 saturated heterocycles. The van der Waals surface area contributed by atoms with E-state index in [9.17, 15) is 13.2 Å². The summed E-state index contributed by atoms with van der Waals surface area (Å²) < 4.78 is 37.0. The number of hydrogen-bond acceptors (Lipinski definition) is 0. The van der Waals surface area contributed by atoms with Gasteiger partial charge in [-0.15, -0.1) is 0 Å². The van der Waals surface area contributed by atoms with Crippen molar-refractivity contribution < 1.29 is 13.2 Å². The Labute approximate surface area is 99.3 Å². The van der Waals surface area contributed by atoms with Gasteiger partial charge in [-0.2, -0.15) is 13.2 Å². The summed E-state index contributed by atoms with van der Waals surface area (Å²) in [6.45, 7) is 0. The molecule has 0 saturated carbocycles. The van der Waals surface area contributed by atoms with Crippen molar-refractivity contribution in [3.63, 3.8) is 0 Å². The molecule has 0 N–H and O–H groups in total. The summed E-state index contributed by atoms with van der Waals surface area (Å²) in [5, 5.41) is 2.02. The summed E-state index contributed by atoms with van der Waals surface area (Å²) in [5.74, 6) is 0. The molecule has 4 heteroatoms. The molecule has 1 unspecified atom stereocenters. The molecule has 88 valence electrons. The molecule has 0 aliphatic carbocycles. The largest absolute Gasteiger partial charge is 0.416 e. The van der Waals surface area contributed by atoms with Crippen LogP contribution in [0.4, 0.5) is 13.2 Å². The second kappa shape index (κ2) is 4.89. The van der Waals surface area contributed by atoms with Crippen molar-refractivity contribution in [3.8, 4) is 0 Å². The molecule has 0 aromatic heterocycles. The Bertz CT molecular complexity index is 474. The van der Waals surface area contributed by atoms with Gasteiger partial charge in [0.2, 0.25) is 0 Å². The maximum Gasteiger partial charge on any atom is 0.416 e. The van der Waals surface area contributed by atoms with Crippen LogP contribution in [0.3, 0.4) is 0 Å². The summed E-state index contributed by atoms with van der Waals surface area (Å²) in [6, 6.07) is 15.0. The molecule has 0 radical (unpaired) electrons. The van der Waals surface area contributed by atoms with Crippen LogP contribution < -0.4 is 10.6 Å². The molecule has 0 aliphatic heterocycles. The first-order valence-electron chi connectivity index (χ1n) is 5.05. The fourth-order valence-electron chi connectivity index (χ4n) is 1.43. The van der Waals surface area contributed by atoms with Gasteiger partial charge in [-0.25, -0.2) is 0 Å². The molecule has 0 aliphatic rings. The average molecular weight is 254 g/mol. The number of rotatable bonds is 2. The van der Waals surface area contributed by atoms with E-state index in [1.54, 1.807) is 0 Å². The van der Waals surface area contributed by atoms with Crippen molar-refractivity contribution >= 4 is 19.2 Å². The van der Waals surface area contributed by atoms with Crippen molar-refractivity contribution in [3.05, 3.63) is 60.2 Å². The van der Waals surface area contributed by atoms with Gasteiger partial charge in [0.15, 0.2) is 0 Å². The third-order valence-electron chi connectivity index (χ3n) is 2.27. The Balaban J connectivity index is 2.14. The van der Waals surface area contributed by atoms with Crippen LogP contribution in [-0.4, -0.2) is 0 Å². The van der Waals surface area contributed by atoms with Gasteiger partial charge in [0.05, 0.1) is 5.56 Å². The van der Waals surface area contributed by atoms with Gasteiger partial charge >= 0.3 is 6.18 Å². The quantitative estimate of drug-likeness (QED) is 0.721. The van der Waals surface area contributed by atoms with E-state index in [1.165, 1.54) is 12.1 Å². The fraction of sp³-hybridized carbons (Fsp3) is 0.0769. The summed E-state index contributed by atoms with van der Waals surface area (Å²) in [5.41, 5.74) is -0.598. The van der Waals surface area contributed by atoms with E-state index >= 15 is 0 Å². The van der Waals surface area contributed by atoms with E-state index in [2.05, 4.69) is 0 Å². The number of benzene rings is 2. The molecule has 0 fully saturated rings. The maximum atomic E-state index is 12.3. The minimum Gasteiger partial charge on any atom is -0.166 e. The lowest BCUT2D eigenvalue weighted by Crippen LogP contribution is -2.08. The lowest BCUT2D eigenvalue weighted by Gasteiger charge is -2.07. The van der Waals surface area contributed by atoms with Crippen LogP contribution in [0.15, 0.2) is 54.6 Å². The van der Waals surface area contributed by atoms with E-state index < -0.39 is 11.7 Å². The lowest BCUT2D eigenvalue weighted by atomic mass is 10.2. The van der Waals surface area contributed by atoms with Crippen LogP contribution in [0.25, 0.3) is 0 Å². The number of alkyl halides is 3. The minimum atomic E-state index is -4.26. The summed E-state index contributed by atoms with van der Waals surface area (Å²) in [7, 11) is 0.389. The Morgan fingerprint density at radius 2 is 1.24 bits per heavy atom. The van der Waals surface area contributed by atoms with E-state index in [0.29, 0.717) is 8.58 Å². The Hall–Kier alpha value is -1.34. The minimum absolute atomic E-state index is 0.389. The molecular formula is C13H10F3P. The highest BCUT2D eigenvalue weighted by atomic mass is 31.1. The van der Waals surface area contributed by atoms with Crippen molar-refractivity contribution in [2.24, 2.45) is 0 Å². The molecule has 0 heterocycles. The van der Waals surface area contributed by atoms with E-state index in [0.717, 1.165) is 22.7 Å². The van der Waals surface area contributed by atoms with Crippen molar-refractivity contribution in [1.29, 1.82) is 0 Å². The molecule has 2 rings (SSSR count).